The average molecular weight is 272 g/mol. The summed E-state index contributed by atoms with van der Waals surface area (Å²) in [6.45, 7) is 7.02. The molecule has 1 amide bonds. The zero-order valence-corrected chi connectivity index (χ0v) is 12.0. The highest BCUT2D eigenvalue weighted by molar-refractivity contribution is 5.84. The van der Waals surface area contributed by atoms with Crippen molar-refractivity contribution in [2.45, 2.75) is 32.3 Å². The van der Waals surface area contributed by atoms with Crippen LogP contribution < -0.4 is 0 Å². The van der Waals surface area contributed by atoms with E-state index in [-0.39, 0.29) is 12.3 Å². The summed E-state index contributed by atoms with van der Waals surface area (Å²) in [4.78, 5) is 26.7. The molecule has 0 aromatic rings. The number of carboxylic acids is 1. The second kappa shape index (κ2) is 6.86. The van der Waals surface area contributed by atoms with Crippen LogP contribution in [0.4, 0.5) is 0 Å². The molecule has 0 radical (unpaired) electrons. The molecule has 0 aliphatic carbocycles. The number of nitrogens with zero attached hydrogens (tertiary/aromatic N) is 2. The van der Waals surface area contributed by atoms with Crippen LogP contribution in [0.5, 0.6) is 0 Å². The van der Waals surface area contributed by atoms with Gasteiger partial charge in [-0.15, -0.1) is 0 Å². The van der Waals surface area contributed by atoms with Crippen molar-refractivity contribution in [1.29, 1.82) is 0 Å². The zero-order chi connectivity index (χ0) is 14.5. The van der Waals surface area contributed by atoms with Crippen LogP contribution in [-0.2, 0) is 14.3 Å². The summed E-state index contributed by atoms with van der Waals surface area (Å²) in [7, 11) is 1.56. The molecule has 1 aliphatic heterocycles. The van der Waals surface area contributed by atoms with Crippen LogP contribution in [0.25, 0.3) is 0 Å². The Bertz CT molecular complexity index is 321. The summed E-state index contributed by atoms with van der Waals surface area (Å²) in [5.41, 5.74) is -0.747. The fourth-order valence-corrected chi connectivity index (χ4v) is 2.15. The second-order valence-corrected chi connectivity index (χ2v) is 5.07. The number of piperazine rings is 1. The van der Waals surface area contributed by atoms with E-state index in [2.05, 4.69) is 4.90 Å². The van der Waals surface area contributed by atoms with Gasteiger partial charge in [-0.1, -0.05) is 6.92 Å². The quantitative estimate of drug-likeness (QED) is 0.759. The fourth-order valence-electron chi connectivity index (χ4n) is 2.15. The van der Waals surface area contributed by atoms with Crippen LogP contribution in [0.1, 0.15) is 26.7 Å². The molecule has 1 rings (SSSR count). The Labute approximate surface area is 114 Å². The van der Waals surface area contributed by atoms with Gasteiger partial charge in [0.05, 0.1) is 6.42 Å². The van der Waals surface area contributed by atoms with Gasteiger partial charge >= 0.3 is 5.97 Å². The molecule has 0 aromatic heterocycles. The van der Waals surface area contributed by atoms with Crippen molar-refractivity contribution in [2.75, 3.05) is 39.8 Å². The summed E-state index contributed by atoms with van der Waals surface area (Å²) in [5.74, 6) is -0.758. The fraction of sp³-hybridized carbons (Fsp3) is 0.846. The van der Waals surface area contributed by atoms with E-state index in [0.29, 0.717) is 26.1 Å². The van der Waals surface area contributed by atoms with E-state index < -0.39 is 11.6 Å². The topological polar surface area (TPSA) is 70.1 Å². The number of amides is 1. The molecule has 1 atom stereocenters. The Morgan fingerprint density at radius 2 is 1.84 bits per heavy atom. The first-order chi connectivity index (χ1) is 8.92. The van der Waals surface area contributed by atoms with E-state index in [1.54, 1.807) is 7.11 Å². The first kappa shape index (κ1) is 15.9. The van der Waals surface area contributed by atoms with Crippen LogP contribution in [-0.4, -0.2) is 72.2 Å². The Balaban J connectivity index is 2.45. The number of methoxy groups -OCH3 is 1. The Morgan fingerprint density at radius 1 is 1.26 bits per heavy atom. The van der Waals surface area contributed by atoms with Crippen molar-refractivity contribution in [2.24, 2.45) is 0 Å². The van der Waals surface area contributed by atoms with E-state index in [9.17, 15) is 9.59 Å². The number of ether oxygens (including phenoxy) is 1. The van der Waals surface area contributed by atoms with E-state index in [1.807, 2.05) is 18.7 Å². The molecule has 0 saturated carbocycles. The van der Waals surface area contributed by atoms with E-state index >= 15 is 0 Å². The third-order valence-electron chi connectivity index (χ3n) is 3.88. The van der Waals surface area contributed by atoms with Gasteiger partial charge in [-0.2, -0.15) is 0 Å². The number of hydrogen-bond acceptors (Lipinski definition) is 4. The largest absolute Gasteiger partial charge is 0.481 e. The Kier molecular flexibility index (Phi) is 5.75. The number of rotatable bonds is 6. The Morgan fingerprint density at radius 3 is 2.26 bits per heavy atom. The maximum Gasteiger partial charge on any atom is 0.304 e. The lowest BCUT2D eigenvalue weighted by atomic mass is 10.0. The van der Waals surface area contributed by atoms with Crippen molar-refractivity contribution in [3.63, 3.8) is 0 Å². The summed E-state index contributed by atoms with van der Waals surface area (Å²) in [6, 6.07) is 0. The monoisotopic (exact) mass is 272 g/mol. The van der Waals surface area contributed by atoms with Gasteiger partial charge in [-0.25, -0.2) is 0 Å². The normalized spacial score (nSPS) is 20.1. The molecular formula is C13H24N2O4. The van der Waals surface area contributed by atoms with Gasteiger partial charge in [0.1, 0.15) is 5.60 Å². The van der Waals surface area contributed by atoms with Crippen molar-refractivity contribution in [3.05, 3.63) is 0 Å². The van der Waals surface area contributed by atoms with E-state index in [1.165, 1.54) is 0 Å². The highest BCUT2D eigenvalue weighted by Gasteiger charge is 2.36. The predicted octanol–water partition coefficient (Wildman–Crippen LogP) is 0.420. The smallest absolute Gasteiger partial charge is 0.304 e. The molecule has 19 heavy (non-hydrogen) atoms. The molecular weight excluding hydrogens is 248 g/mol. The minimum absolute atomic E-state index is 0.0235. The van der Waals surface area contributed by atoms with Gasteiger partial charge in [0.25, 0.3) is 5.91 Å². The average Bonchev–Trinajstić information content (AvgIpc) is 2.44. The first-order valence-electron chi connectivity index (χ1n) is 6.71. The molecule has 110 valence electrons. The lowest BCUT2D eigenvalue weighted by Gasteiger charge is -2.38. The minimum atomic E-state index is -0.781. The zero-order valence-electron chi connectivity index (χ0n) is 12.0. The van der Waals surface area contributed by atoms with Crippen molar-refractivity contribution in [3.8, 4) is 0 Å². The van der Waals surface area contributed by atoms with Gasteiger partial charge in [0, 0.05) is 39.8 Å². The van der Waals surface area contributed by atoms with Gasteiger partial charge in [-0.05, 0) is 13.3 Å². The third kappa shape index (κ3) is 4.18. The van der Waals surface area contributed by atoms with Crippen LogP contribution in [0.2, 0.25) is 0 Å². The molecule has 1 saturated heterocycles. The first-order valence-corrected chi connectivity index (χ1v) is 6.71. The summed E-state index contributed by atoms with van der Waals surface area (Å²) >= 11 is 0. The van der Waals surface area contributed by atoms with Crippen LogP contribution in [0.3, 0.4) is 0 Å². The molecule has 0 aromatic carbocycles. The molecule has 1 N–H and O–H groups in total. The number of carbonyl (C=O) groups excluding carboxylic acids is 1. The maximum absolute atomic E-state index is 12.3. The highest BCUT2D eigenvalue weighted by Crippen LogP contribution is 2.18. The molecule has 1 fully saturated rings. The van der Waals surface area contributed by atoms with E-state index in [0.717, 1.165) is 13.1 Å². The minimum Gasteiger partial charge on any atom is -0.481 e. The van der Waals surface area contributed by atoms with Crippen molar-refractivity contribution in [1.82, 2.24) is 9.80 Å². The lowest BCUT2D eigenvalue weighted by Crippen LogP contribution is -2.55. The maximum atomic E-state index is 12.3. The molecule has 0 bridgehead atoms. The SMILES string of the molecule is CCC(C)(OC)C(=O)N1CCN(CCC(=O)O)CC1. The molecule has 6 nitrogen and oxygen atoms in total. The van der Waals surface area contributed by atoms with Gasteiger partial charge in [-0.3, -0.25) is 14.5 Å². The number of carbonyl (C=O) groups is 2. The highest BCUT2D eigenvalue weighted by atomic mass is 16.5. The number of aliphatic carboxylic acids is 1. The third-order valence-corrected chi connectivity index (χ3v) is 3.88. The number of carboxylic acid groups (broad SMARTS) is 1. The van der Waals surface area contributed by atoms with Gasteiger partial charge < -0.3 is 14.7 Å². The van der Waals surface area contributed by atoms with Gasteiger partial charge in [0.2, 0.25) is 0 Å². The summed E-state index contributed by atoms with van der Waals surface area (Å²) in [5, 5.41) is 8.65. The van der Waals surface area contributed by atoms with Crippen LogP contribution >= 0.6 is 0 Å². The molecule has 0 spiro atoms. The van der Waals surface area contributed by atoms with Crippen molar-refractivity contribution < 1.29 is 19.4 Å². The molecule has 1 aliphatic rings. The van der Waals surface area contributed by atoms with Crippen LogP contribution in [0.15, 0.2) is 0 Å². The second-order valence-electron chi connectivity index (χ2n) is 5.07. The predicted molar refractivity (Wildman–Crippen MR) is 71.0 cm³/mol. The summed E-state index contributed by atoms with van der Waals surface area (Å²) in [6.07, 6.45) is 0.792. The number of hydrogen-bond donors (Lipinski definition) is 1. The van der Waals surface area contributed by atoms with Crippen LogP contribution in [0, 0.1) is 0 Å². The standard InChI is InChI=1S/C13H24N2O4/c1-4-13(2,19-3)12(18)15-9-7-14(8-10-15)6-5-11(16)17/h4-10H2,1-3H3,(H,16,17). The lowest BCUT2D eigenvalue weighted by molar-refractivity contribution is -0.155. The molecule has 1 heterocycles. The van der Waals surface area contributed by atoms with Gasteiger partial charge in [0.15, 0.2) is 0 Å². The molecule has 6 heteroatoms. The molecule has 1 unspecified atom stereocenters. The Hall–Kier alpha value is -1.14. The summed E-state index contributed by atoms with van der Waals surface area (Å²) < 4.78 is 5.33. The van der Waals surface area contributed by atoms with Crippen molar-refractivity contribution >= 4 is 11.9 Å². The van der Waals surface area contributed by atoms with E-state index in [4.69, 9.17) is 9.84 Å².